The Labute approximate surface area is 170 Å². The number of H-pyrrole nitrogens is 1. The minimum Gasteiger partial charge on any atom is -0.490 e. The largest absolute Gasteiger partial charge is 0.490 e. The number of hydrogen-bond donors (Lipinski definition) is 1. The van der Waals surface area contributed by atoms with Crippen LogP contribution < -0.4 is 4.74 Å². The van der Waals surface area contributed by atoms with Crippen LogP contribution in [-0.4, -0.2) is 51.0 Å². The number of carbonyl (C=O) groups is 1. The van der Waals surface area contributed by atoms with Gasteiger partial charge < -0.3 is 14.5 Å². The second-order valence-electron chi connectivity index (χ2n) is 6.88. The maximum absolute atomic E-state index is 12.3. The van der Waals surface area contributed by atoms with Crippen molar-refractivity contribution in [2.45, 2.75) is 18.7 Å². The fourth-order valence-corrected chi connectivity index (χ4v) is 3.79. The van der Waals surface area contributed by atoms with Gasteiger partial charge in [-0.2, -0.15) is 0 Å². The normalized spacial score (nSPS) is 11.8. The predicted octanol–water partition coefficient (Wildman–Crippen LogP) is 3.27. The molecule has 1 N–H and O–H groups in total. The van der Waals surface area contributed by atoms with Gasteiger partial charge in [0.1, 0.15) is 19.0 Å². The van der Waals surface area contributed by atoms with E-state index in [2.05, 4.69) is 4.98 Å². The molecule has 1 heterocycles. The lowest BCUT2D eigenvalue weighted by atomic mass is 10.1. The van der Waals surface area contributed by atoms with Crippen LogP contribution >= 0.6 is 0 Å². The Balaban J connectivity index is 1.54. The molecule has 0 fully saturated rings. The van der Waals surface area contributed by atoms with E-state index in [0.717, 1.165) is 26.5 Å². The number of carbonyl (C=O) groups excluding carboxylic acids is 1. The minimum absolute atomic E-state index is 0.0831. The van der Waals surface area contributed by atoms with Crippen LogP contribution in [0.5, 0.6) is 5.75 Å². The average molecular weight is 416 g/mol. The van der Waals surface area contributed by atoms with E-state index in [1.165, 1.54) is 26.2 Å². The zero-order chi connectivity index (χ0) is 21.2. The van der Waals surface area contributed by atoms with Crippen LogP contribution in [0, 0.1) is 13.8 Å². The number of ether oxygens (including phenoxy) is 2. The molecule has 1 aromatic heterocycles. The van der Waals surface area contributed by atoms with E-state index < -0.39 is 16.0 Å². The van der Waals surface area contributed by atoms with Gasteiger partial charge >= 0.3 is 5.97 Å². The van der Waals surface area contributed by atoms with Crippen LogP contribution in [0.4, 0.5) is 0 Å². The first-order valence-electron chi connectivity index (χ1n) is 9.11. The summed E-state index contributed by atoms with van der Waals surface area (Å²) in [5, 5.41) is 1.00. The maximum atomic E-state index is 12.3. The lowest BCUT2D eigenvalue weighted by Crippen LogP contribution is -2.22. The van der Waals surface area contributed by atoms with E-state index in [1.54, 1.807) is 18.2 Å². The van der Waals surface area contributed by atoms with Gasteiger partial charge in [-0.3, -0.25) is 0 Å². The molecule has 0 aliphatic rings. The third-order valence-electron chi connectivity index (χ3n) is 4.73. The van der Waals surface area contributed by atoms with Crippen LogP contribution in [0.15, 0.2) is 47.4 Å². The van der Waals surface area contributed by atoms with Crippen molar-refractivity contribution in [3.63, 3.8) is 0 Å². The van der Waals surface area contributed by atoms with Gasteiger partial charge in [0, 0.05) is 30.7 Å². The zero-order valence-electron chi connectivity index (χ0n) is 16.9. The highest BCUT2D eigenvalue weighted by Gasteiger charge is 2.16. The molecule has 154 valence electrons. The highest BCUT2D eigenvalue weighted by Crippen LogP contribution is 2.23. The Hall–Kier alpha value is -2.84. The predicted molar refractivity (Wildman–Crippen MR) is 111 cm³/mol. The number of aryl methyl sites for hydroxylation is 2. The van der Waals surface area contributed by atoms with Gasteiger partial charge in [0.05, 0.1) is 10.5 Å². The number of sulfonamides is 1. The summed E-state index contributed by atoms with van der Waals surface area (Å²) in [4.78, 5) is 15.7. The fraction of sp³-hybridized carbons (Fsp3) is 0.286. The molecule has 3 rings (SSSR count). The average Bonchev–Trinajstić information content (AvgIpc) is 2.98. The molecule has 0 saturated heterocycles. The molecule has 0 unspecified atom stereocenters. The van der Waals surface area contributed by atoms with E-state index in [1.807, 2.05) is 26.0 Å². The molecule has 0 bridgehead atoms. The van der Waals surface area contributed by atoms with Crippen molar-refractivity contribution in [2.24, 2.45) is 0 Å². The van der Waals surface area contributed by atoms with Gasteiger partial charge in [-0.25, -0.2) is 17.5 Å². The molecule has 0 atom stereocenters. The smallest absolute Gasteiger partial charge is 0.338 e. The van der Waals surface area contributed by atoms with Crippen molar-refractivity contribution < 1.29 is 22.7 Å². The molecule has 0 spiro atoms. The number of benzene rings is 2. The zero-order valence-corrected chi connectivity index (χ0v) is 17.7. The van der Waals surface area contributed by atoms with Crippen LogP contribution in [0.2, 0.25) is 0 Å². The van der Waals surface area contributed by atoms with Crippen LogP contribution in [-0.2, 0) is 14.8 Å². The number of fused-ring (bicyclic) bond motifs is 1. The van der Waals surface area contributed by atoms with Crippen molar-refractivity contribution in [2.75, 3.05) is 27.3 Å². The number of aromatic amines is 1. The Morgan fingerprint density at radius 3 is 2.38 bits per heavy atom. The molecule has 0 aliphatic heterocycles. The van der Waals surface area contributed by atoms with Gasteiger partial charge in [0.2, 0.25) is 10.0 Å². The Morgan fingerprint density at radius 2 is 1.72 bits per heavy atom. The number of aromatic nitrogens is 1. The highest BCUT2D eigenvalue weighted by atomic mass is 32.2. The van der Waals surface area contributed by atoms with Crippen molar-refractivity contribution >= 4 is 26.9 Å². The van der Waals surface area contributed by atoms with Crippen molar-refractivity contribution in [3.8, 4) is 5.75 Å². The second kappa shape index (κ2) is 8.26. The molecular weight excluding hydrogens is 392 g/mol. The summed E-state index contributed by atoms with van der Waals surface area (Å²) >= 11 is 0. The lowest BCUT2D eigenvalue weighted by molar-refractivity contribution is 0.0450. The molecule has 0 radical (unpaired) electrons. The Bertz CT molecular complexity index is 1130. The van der Waals surface area contributed by atoms with Crippen molar-refractivity contribution in [1.29, 1.82) is 0 Å². The van der Waals surface area contributed by atoms with E-state index in [0.29, 0.717) is 11.3 Å². The number of rotatable bonds is 7. The second-order valence-corrected chi connectivity index (χ2v) is 9.03. The third-order valence-corrected chi connectivity index (χ3v) is 6.56. The molecule has 2 aromatic carbocycles. The molecular formula is C21H24N2O5S. The monoisotopic (exact) mass is 416 g/mol. The number of esters is 1. The van der Waals surface area contributed by atoms with Gasteiger partial charge in [-0.1, -0.05) is 0 Å². The summed E-state index contributed by atoms with van der Waals surface area (Å²) < 4.78 is 36.0. The Kier molecular flexibility index (Phi) is 5.95. The molecule has 29 heavy (non-hydrogen) atoms. The van der Waals surface area contributed by atoms with Crippen LogP contribution in [0.1, 0.15) is 21.6 Å². The van der Waals surface area contributed by atoms with E-state index in [-0.39, 0.29) is 18.1 Å². The summed E-state index contributed by atoms with van der Waals surface area (Å²) in [7, 11) is -0.519. The SMILES string of the molecule is Cc1[nH]c2ccc(C(=O)OCCOc3ccc(S(=O)(=O)N(C)C)cc3)cc2c1C. The van der Waals surface area contributed by atoms with Gasteiger partial charge in [-0.15, -0.1) is 0 Å². The molecule has 0 aliphatic carbocycles. The summed E-state index contributed by atoms with van der Waals surface area (Å²) in [6, 6.07) is 11.5. The third kappa shape index (κ3) is 4.44. The standard InChI is InChI=1S/C21H24N2O5S/c1-14-15(2)22-20-10-5-16(13-19(14)20)21(24)28-12-11-27-17-6-8-18(9-7-17)29(25,26)23(3)4/h5-10,13,22H,11-12H2,1-4H3. The number of nitrogens with one attached hydrogen (secondary N) is 1. The van der Waals surface area contributed by atoms with Crippen LogP contribution in [0.3, 0.4) is 0 Å². The lowest BCUT2D eigenvalue weighted by Gasteiger charge is -2.12. The van der Waals surface area contributed by atoms with Crippen LogP contribution in [0.25, 0.3) is 10.9 Å². The first-order chi connectivity index (χ1) is 13.7. The molecule has 8 heteroatoms. The summed E-state index contributed by atoms with van der Waals surface area (Å²) in [6.07, 6.45) is 0. The van der Waals surface area contributed by atoms with Gasteiger partial charge in [0.25, 0.3) is 0 Å². The number of nitrogens with zero attached hydrogens (tertiary/aromatic N) is 1. The topological polar surface area (TPSA) is 88.7 Å². The molecule has 0 amide bonds. The molecule has 7 nitrogen and oxygen atoms in total. The summed E-state index contributed by atoms with van der Waals surface area (Å²) in [5.74, 6) is 0.0831. The highest BCUT2D eigenvalue weighted by molar-refractivity contribution is 7.89. The molecule has 0 saturated carbocycles. The number of hydrogen-bond acceptors (Lipinski definition) is 5. The van der Waals surface area contributed by atoms with E-state index in [9.17, 15) is 13.2 Å². The Morgan fingerprint density at radius 1 is 1.03 bits per heavy atom. The summed E-state index contributed by atoms with van der Waals surface area (Å²) in [6.45, 7) is 4.25. The first kappa shape index (κ1) is 20.9. The van der Waals surface area contributed by atoms with E-state index in [4.69, 9.17) is 9.47 Å². The van der Waals surface area contributed by atoms with Crippen molar-refractivity contribution in [1.82, 2.24) is 9.29 Å². The fourth-order valence-electron chi connectivity index (χ4n) is 2.88. The van der Waals surface area contributed by atoms with E-state index >= 15 is 0 Å². The first-order valence-corrected chi connectivity index (χ1v) is 10.6. The quantitative estimate of drug-likeness (QED) is 0.472. The maximum Gasteiger partial charge on any atom is 0.338 e. The van der Waals surface area contributed by atoms with Gasteiger partial charge in [-0.05, 0) is 61.9 Å². The minimum atomic E-state index is -3.47. The van der Waals surface area contributed by atoms with Gasteiger partial charge in [0.15, 0.2) is 0 Å². The van der Waals surface area contributed by atoms with Crippen molar-refractivity contribution in [3.05, 3.63) is 59.3 Å². The summed E-state index contributed by atoms with van der Waals surface area (Å²) in [5.41, 5.74) is 3.65. The molecule has 3 aromatic rings.